The Kier molecular flexibility index (Phi) is 6.34. The molecule has 9 nitrogen and oxygen atoms in total. The third kappa shape index (κ3) is 5.19. The van der Waals surface area contributed by atoms with Crippen LogP contribution in [0.5, 0.6) is 5.75 Å². The lowest BCUT2D eigenvalue weighted by Crippen LogP contribution is -2.42. The van der Waals surface area contributed by atoms with Gasteiger partial charge in [0.05, 0.1) is 11.9 Å². The first-order valence-corrected chi connectivity index (χ1v) is 11.5. The Bertz CT molecular complexity index is 1040. The van der Waals surface area contributed by atoms with E-state index in [1.807, 2.05) is 30.3 Å². The van der Waals surface area contributed by atoms with Crippen LogP contribution in [0.2, 0.25) is 0 Å². The highest BCUT2D eigenvalue weighted by Crippen LogP contribution is 2.23. The topological polar surface area (TPSA) is 111 Å². The molecule has 0 spiro atoms. The summed E-state index contributed by atoms with van der Waals surface area (Å²) in [5.41, 5.74) is 0.541. The van der Waals surface area contributed by atoms with E-state index in [0.717, 1.165) is 12.8 Å². The van der Waals surface area contributed by atoms with Gasteiger partial charge in [-0.15, -0.1) is 0 Å². The summed E-state index contributed by atoms with van der Waals surface area (Å²) in [5, 5.41) is 3.95. The molecular formula is C20H23N5O4S. The summed E-state index contributed by atoms with van der Waals surface area (Å²) in [5.74, 6) is 1.61. The van der Waals surface area contributed by atoms with Crippen molar-refractivity contribution < 1.29 is 17.7 Å². The average molecular weight is 430 g/mol. The van der Waals surface area contributed by atoms with Crippen LogP contribution < -0.4 is 4.74 Å². The lowest BCUT2D eigenvalue weighted by Gasteiger charge is -2.31. The first-order valence-electron chi connectivity index (χ1n) is 9.85. The Labute approximate surface area is 175 Å². The van der Waals surface area contributed by atoms with E-state index in [1.165, 1.54) is 0 Å². The maximum atomic E-state index is 12.7. The van der Waals surface area contributed by atoms with Crippen molar-refractivity contribution in [1.29, 1.82) is 0 Å². The van der Waals surface area contributed by atoms with Crippen molar-refractivity contribution in [3.63, 3.8) is 0 Å². The van der Waals surface area contributed by atoms with Crippen LogP contribution >= 0.6 is 0 Å². The molecule has 0 N–H and O–H groups in total. The second-order valence-electron chi connectivity index (χ2n) is 7.15. The van der Waals surface area contributed by atoms with Crippen LogP contribution in [0.15, 0.2) is 53.4 Å². The third-order valence-electron chi connectivity index (χ3n) is 4.95. The Morgan fingerprint density at radius 2 is 2.07 bits per heavy atom. The van der Waals surface area contributed by atoms with Gasteiger partial charge in [0.15, 0.2) is 0 Å². The second-order valence-corrected chi connectivity index (χ2v) is 9.24. The van der Waals surface area contributed by atoms with Crippen LogP contribution in [-0.2, 0) is 16.4 Å². The minimum Gasteiger partial charge on any atom is -0.492 e. The molecule has 0 amide bonds. The van der Waals surface area contributed by atoms with Gasteiger partial charge in [0.2, 0.25) is 21.7 Å². The predicted molar refractivity (Wildman–Crippen MR) is 109 cm³/mol. The summed E-state index contributed by atoms with van der Waals surface area (Å²) in [4.78, 5) is 12.5. The van der Waals surface area contributed by atoms with E-state index in [4.69, 9.17) is 9.26 Å². The van der Waals surface area contributed by atoms with Gasteiger partial charge >= 0.3 is 0 Å². The minimum absolute atomic E-state index is 0.0496. The highest BCUT2D eigenvalue weighted by Gasteiger charge is 2.30. The van der Waals surface area contributed by atoms with E-state index in [-0.39, 0.29) is 18.3 Å². The molecule has 0 aliphatic carbocycles. The van der Waals surface area contributed by atoms with Crippen molar-refractivity contribution in [1.82, 2.24) is 24.4 Å². The Hall–Kier alpha value is -2.85. The van der Waals surface area contributed by atoms with Gasteiger partial charge in [-0.1, -0.05) is 23.4 Å². The molecule has 0 radical (unpaired) electrons. The fraction of sp³-hybridized carbons (Fsp3) is 0.400. The Morgan fingerprint density at radius 1 is 1.20 bits per heavy atom. The number of para-hydroxylation sites is 1. The summed E-state index contributed by atoms with van der Waals surface area (Å²) in [6, 6.07) is 9.21. The number of sulfonamides is 1. The molecule has 3 heterocycles. The number of nitrogens with zero attached hydrogens (tertiary/aromatic N) is 5. The zero-order chi connectivity index (χ0) is 20.8. The molecule has 10 heteroatoms. The van der Waals surface area contributed by atoms with E-state index in [9.17, 15) is 8.42 Å². The lowest BCUT2D eigenvalue weighted by atomic mass is 9.96. The third-order valence-corrected chi connectivity index (χ3v) is 6.75. The van der Waals surface area contributed by atoms with Crippen LogP contribution in [0.1, 0.15) is 18.7 Å². The van der Waals surface area contributed by atoms with E-state index in [0.29, 0.717) is 42.7 Å². The predicted octanol–water partition coefficient (Wildman–Crippen LogP) is 2.19. The average Bonchev–Trinajstić information content (AvgIpc) is 3.24. The van der Waals surface area contributed by atoms with Crippen LogP contribution in [-0.4, -0.2) is 58.3 Å². The molecule has 0 saturated carbocycles. The maximum absolute atomic E-state index is 12.7. The van der Waals surface area contributed by atoms with Crippen LogP contribution in [0.3, 0.4) is 0 Å². The van der Waals surface area contributed by atoms with Crippen molar-refractivity contribution in [2.75, 3.05) is 25.4 Å². The van der Waals surface area contributed by atoms with Crippen molar-refractivity contribution in [2.24, 2.45) is 5.92 Å². The second kappa shape index (κ2) is 9.31. The molecule has 1 atom stereocenters. The van der Waals surface area contributed by atoms with Crippen LogP contribution in [0, 0.1) is 5.92 Å². The summed E-state index contributed by atoms with van der Waals surface area (Å²) in [6.45, 7) is 1.09. The molecule has 1 aliphatic rings. The zero-order valence-electron chi connectivity index (χ0n) is 16.4. The molecule has 0 bridgehead atoms. The van der Waals surface area contributed by atoms with Gasteiger partial charge in [-0.3, -0.25) is 4.98 Å². The van der Waals surface area contributed by atoms with E-state index >= 15 is 0 Å². The molecule has 2 aromatic heterocycles. The van der Waals surface area contributed by atoms with E-state index in [2.05, 4.69) is 20.1 Å². The highest BCUT2D eigenvalue weighted by molar-refractivity contribution is 7.89. The van der Waals surface area contributed by atoms with Gasteiger partial charge in [0, 0.05) is 31.9 Å². The fourth-order valence-corrected chi connectivity index (χ4v) is 4.86. The SMILES string of the molecule is O=S(=O)(CCOc1ccccc1)N1CCCC(Cc2nc(-c3cnccn3)no2)C1. The monoisotopic (exact) mass is 429 g/mol. The van der Waals surface area contributed by atoms with E-state index in [1.54, 1.807) is 22.9 Å². The number of hydrogen-bond donors (Lipinski definition) is 0. The number of benzene rings is 1. The van der Waals surface area contributed by atoms with Gasteiger partial charge in [0.25, 0.3) is 0 Å². The van der Waals surface area contributed by atoms with Gasteiger partial charge in [0.1, 0.15) is 18.1 Å². The number of piperidine rings is 1. The van der Waals surface area contributed by atoms with Crippen molar-refractivity contribution in [3.05, 3.63) is 54.8 Å². The summed E-state index contributed by atoms with van der Waals surface area (Å²) in [6.07, 6.45) is 6.95. The van der Waals surface area contributed by atoms with Crippen molar-refractivity contribution >= 4 is 10.0 Å². The molecule has 158 valence electrons. The van der Waals surface area contributed by atoms with Gasteiger partial charge < -0.3 is 9.26 Å². The number of ether oxygens (including phenoxy) is 1. The lowest BCUT2D eigenvalue weighted by molar-refractivity contribution is 0.245. The van der Waals surface area contributed by atoms with Gasteiger partial charge in [-0.25, -0.2) is 17.7 Å². The Balaban J connectivity index is 1.32. The Morgan fingerprint density at radius 3 is 2.87 bits per heavy atom. The van der Waals surface area contributed by atoms with Crippen molar-refractivity contribution in [3.8, 4) is 17.3 Å². The van der Waals surface area contributed by atoms with Crippen LogP contribution in [0.4, 0.5) is 0 Å². The molecule has 1 aromatic carbocycles. The maximum Gasteiger partial charge on any atom is 0.227 e. The van der Waals surface area contributed by atoms with Gasteiger partial charge in [-0.05, 0) is 30.9 Å². The first kappa shape index (κ1) is 20.4. The quantitative estimate of drug-likeness (QED) is 0.536. The molecule has 1 aliphatic heterocycles. The van der Waals surface area contributed by atoms with E-state index < -0.39 is 10.0 Å². The fourth-order valence-electron chi connectivity index (χ4n) is 3.46. The largest absolute Gasteiger partial charge is 0.492 e. The standard InChI is InChI=1S/C20H23N5O4S/c26-30(27,12-11-28-17-6-2-1-3-7-17)25-10-4-5-16(15-25)13-19-23-20(24-29-19)18-14-21-8-9-22-18/h1-3,6-9,14,16H,4-5,10-13,15H2. The smallest absolute Gasteiger partial charge is 0.227 e. The highest BCUT2D eigenvalue weighted by atomic mass is 32.2. The number of aromatic nitrogens is 4. The molecule has 1 fully saturated rings. The summed E-state index contributed by atoms with van der Waals surface area (Å²) >= 11 is 0. The molecular weight excluding hydrogens is 406 g/mol. The molecule has 1 saturated heterocycles. The normalized spacial score (nSPS) is 17.7. The number of rotatable bonds is 8. The summed E-state index contributed by atoms with van der Waals surface area (Å²) in [7, 11) is -3.39. The molecule has 30 heavy (non-hydrogen) atoms. The van der Waals surface area contributed by atoms with Crippen molar-refractivity contribution in [2.45, 2.75) is 19.3 Å². The molecule has 4 rings (SSSR count). The summed E-state index contributed by atoms with van der Waals surface area (Å²) < 4.78 is 37.9. The first-order chi connectivity index (χ1) is 14.6. The van der Waals surface area contributed by atoms with Crippen LogP contribution in [0.25, 0.3) is 11.5 Å². The zero-order valence-corrected chi connectivity index (χ0v) is 17.2. The minimum atomic E-state index is -3.39. The number of hydrogen-bond acceptors (Lipinski definition) is 8. The molecule has 3 aromatic rings. The van der Waals surface area contributed by atoms with Gasteiger partial charge in [-0.2, -0.15) is 4.98 Å². The molecule has 1 unspecified atom stereocenters.